The van der Waals surface area contributed by atoms with E-state index in [9.17, 15) is 9.59 Å². The summed E-state index contributed by atoms with van der Waals surface area (Å²) < 4.78 is 17.8. The highest BCUT2D eigenvalue weighted by Crippen LogP contribution is 2.43. The second-order valence-corrected chi connectivity index (χ2v) is 8.74. The molecule has 0 bridgehead atoms. The fourth-order valence-corrected chi connectivity index (χ4v) is 4.72. The number of hydrogen-bond donors (Lipinski definition) is 1. The Labute approximate surface area is 216 Å². The third-order valence-electron chi connectivity index (χ3n) is 6.39. The molecule has 1 aromatic heterocycles. The molecule has 0 radical (unpaired) electrons. The first kappa shape index (κ1) is 25.8. The Morgan fingerprint density at radius 2 is 1.57 bits per heavy atom. The zero-order valence-corrected chi connectivity index (χ0v) is 21.9. The van der Waals surface area contributed by atoms with Gasteiger partial charge in [0.05, 0.1) is 49.3 Å². The fourth-order valence-electron chi connectivity index (χ4n) is 4.72. The van der Waals surface area contributed by atoms with Gasteiger partial charge in [-0.1, -0.05) is 18.2 Å². The maximum atomic E-state index is 13.1. The number of esters is 2. The van der Waals surface area contributed by atoms with E-state index in [1.54, 1.807) is 18.5 Å². The SMILES string of the molecule is CCOc1ccc(-c2nn(-c3ccccc3)cc2C2C(C(=O)OC)=C(C)NC(C)=C2C(=O)OC)cc1C. The van der Waals surface area contributed by atoms with Crippen LogP contribution in [0, 0.1) is 6.92 Å². The fraction of sp³-hybridized carbons (Fsp3) is 0.276. The Morgan fingerprint density at radius 1 is 0.946 bits per heavy atom. The van der Waals surface area contributed by atoms with Gasteiger partial charge in [0.15, 0.2) is 0 Å². The lowest BCUT2D eigenvalue weighted by atomic mass is 9.79. The summed E-state index contributed by atoms with van der Waals surface area (Å²) in [4.78, 5) is 26.2. The summed E-state index contributed by atoms with van der Waals surface area (Å²) in [6, 6.07) is 15.5. The summed E-state index contributed by atoms with van der Waals surface area (Å²) >= 11 is 0. The van der Waals surface area contributed by atoms with E-state index in [1.165, 1.54) is 14.2 Å². The molecule has 1 N–H and O–H groups in total. The summed E-state index contributed by atoms with van der Waals surface area (Å²) in [6.07, 6.45) is 1.86. The molecule has 0 amide bonds. The van der Waals surface area contributed by atoms with Crippen molar-refractivity contribution in [2.75, 3.05) is 20.8 Å². The molecule has 0 aliphatic carbocycles. The van der Waals surface area contributed by atoms with E-state index in [4.69, 9.17) is 19.3 Å². The van der Waals surface area contributed by atoms with Crippen LogP contribution in [0.15, 0.2) is 77.3 Å². The highest BCUT2D eigenvalue weighted by Gasteiger charge is 2.40. The summed E-state index contributed by atoms with van der Waals surface area (Å²) in [5, 5.41) is 8.09. The number of para-hydroxylation sites is 1. The number of carbonyl (C=O) groups excluding carboxylic acids is 2. The topological polar surface area (TPSA) is 91.7 Å². The molecule has 2 aromatic carbocycles. The zero-order chi connectivity index (χ0) is 26.7. The lowest BCUT2D eigenvalue weighted by molar-refractivity contribution is -0.137. The molecule has 0 fully saturated rings. The second-order valence-electron chi connectivity index (χ2n) is 8.74. The molecule has 1 aliphatic heterocycles. The van der Waals surface area contributed by atoms with Gasteiger partial charge in [-0.15, -0.1) is 0 Å². The number of ether oxygens (including phenoxy) is 3. The first-order valence-corrected chi connectivity index (χ1v) is 12.0. The van der Waals surface area contributed by atoms with Gasteiger partial charge in [-0.2, -0.15) is 5.10 Å². The van der Waals surface area contributed by atoms with Gasteiger partial charge in [-0.3, -0.25) is 0 Å². The third kappa shape index (κ3) is 4.87. The molecule has 0 saturated heterocycles. The van der Waals surface area contributed by atoms with Crippen molar-refractivity contribution in [3.05, 3.63) is 88.4 Å². The number of hydrogen-bond acceptors (Lipinski definition) is 7. The van der Waals surface area contributed by atoms with Crippen molar-refractivity contribution in [2.45, 2.75) is 33.6 Å². The molecule has 0 spiro atoms. The molecule has 1 aliphatic rings. The molecule has 2 heterocycles. The van der Waals surface area contributed by atoms with E-state index in [2.05, 4.69) is 5.32 Å². The largest absolute Gasteiger partial charge is 0.494 e. The molecule has 8 nitrogen and oxygen atoms in total. The van der Waals surface area contributed by atoms with Crippen LogP contribution in [0.4, 0.5) is 0 Å². The van der Waals surface area contributed by atoms with Gasteiger partial charge in [0.25, 0.3) is 0 Å². The van der Waals surface area contributed by atoms with Crippen LogP contribution in [-0.2, 0) is 19.1 Å². The molecule has 3 aromatic rings. The summed E-state index contributed by atoms with van der Waals surface area (Å²) in [5.41, 5.74) is 5.77. The first-order chi connectivity index (χ1) is 17.8. The van der Waals surface area contributed by atoms with Crippen LogP contribution in [0.1, 0.15) is 37.8 Å². The van der Waals surface area contributed by atoms with Gasteiger partial charge < -0.3 is 19.5 Å². The molecular formula is C29H31N3O5. The van der Waals surface area contributed by atoms with Gasteiger partial charge in [0, 0.05) is 28.7 Å². The molecular weight excluding hydrogens is 470 g/mol. The van der Waals surface area contributed by atoms with Crippen LogP contribution in [0.5, 0.6) is 5.75 Å². The minimum atomic E-state index is -0.763. The minimum Gasteiger partial charge on any atom is -0.494 e. The van der Waals surface area contributed by atoms with E-state index < -0.39 is 17.9 Å². The standard InChI is InChI=1S/C29H31N3O5/c1-7-37-23-14-13-20(15-17(23)2)27-22(16-32(31-27)21-11-9-8-10-12-21)26-24(28(33)35-5)18(3)30-19(4)25(26)29(34)36-6/h8-16,26,30H,7H2,1-6H3. The number of nitrogens with zero attached hydrogens (tertiary/aromatic N) is 2. The van der Waals surface area contributed by atoms with Gasteiger partial charge in [0.2, 0.25) is 0 Å². The minimum absolute atomic E-state index is 0.324. The quantitative estimate of drug-likeness (QED) is 0.464. The Morgan fingerprint density at radius 3 is 2.11 bits per heavy atom. The third-order valence-corrected chi connectivity index (χ3v) is 6.39. The van der Waals surface area contributed by atoms with Crippen molar-refractivity contribution >= 4 is 11.9 Å². The van der Waals surface area contributed by atoms with Crippen LogP contribution in [-0.4, -0.2) is 42.5 Å². The van der Waals surface area contributed by atoms with Crippen LogP contribution in [0.2, 0.25) is 0 Å². The number of benzene rings is 2. The molecule has 8 heteroatoms. The molecule has 192 valence electrons. The lowest BCUT2D eigenvalue weighted by Gasteiger charge is -2.29. The average Bonchev–Trinajstić information content (AvgIpc) is 3.34. The van der Waals surface area contributed by atoms with E-state index in [-0.39, 0.29) is 0 Å². The summed E-state index contributed by atoms with van der Waals surface area (Å²) in [5.74, 6) is -1.05. The van der Waals surface area contributed by atoms with Crippen LogP contribution in [0.25, 0.3) is 16.9 Å². The number of nitrogens with one attached hydrogen (secondary N) is 1. The maximum absolute atomic E-state index is 13.1. The molecule has 0 unspecified atom stereocenters. The predicted octanol–water partition coefficient (Wildman–Crippen LogP) is 4.83. The van der Waals surface area contributed by atoms with E-state index >= 15 is 0 Å². The lowest BCUT2D eigenvalue weighted by Crippen LogP contribution is -2.32. The van der Waals surface area contributed by atoms with Gasteiger partial charge in [0.1, 0.15) is 5.75 Å². The maximum Gasteiger partial charge on any atom is 0.336 e. The Bertz CT molecular complexity index is 1360. The van der Waals surface area contributed by atoms with Crippen molar-refractivity contribution in [2.24, 2.45) is 0 Å². The van der Waals surface area contributed by atoms with E-state index in [0.29, 0.717) is 40.4 Å². The highest BCUT2D eigenvalue weighted by atomic mass is 16.5. The average molecular weight is 502 g/mol. The zero-order valence-electron chi connectivity index (χ0n) is 21.9. The monoisotopic (exact) mass is 501 g/mol. The second kappa shape index (κ2) is 10.7. The van der Waals surface area contributed by atoms with Gasteiger partial charge in [-0.05, 0) is 63.6 Å². The predicted molar refractivity (Wildman–Crippen MR) is 140 cm³/mol. The highest BCUT2D eigenvalue weighted by molar-refractivity contribution is 6.00. The molecule has 4 rings (SSSR count). The number of aromatic nitrogens is 2. The number of aryl methyl sites for hydroxylation is 1. The van der Waals surface area contributed by atoms with Crippen LogP contribution < -0.4 is 10.1 Å². The van der Waals surface area contributed by atoms with Gasteiger partial charge >= 0.3 is 11.9 Å². The molecule has 0 saturated carbocycles. The number of methoxy groups -OCH3 is 2. The Kier molecular flexibility index (Phi) is 7.47. The normalized spacial score (nSPS) is 13.9. The van der Waals surface area contributed by atoms with Crippen molar-refractivity contribution in [3.63, 3.8) is 0 Å². The van der Waals surface area contributed by atoms with Crippen LogP contribution >= 0.6 is 0 Å². The summed E-state index contributed by atoms with van der Waals surface area (Å²) in [7, 11) is 2.65. The number of allylic oxidation sites excluding steroid dienone is 2. The van der Waals surface area contributed by atoms with E-state index in [1.807, 2.05) is 68.6 Å². The van der Waals surface area contributed by atoms with Crippen molar-refractivity contribution in [1.29, 1.82) is 0 Å². The van der Waals surface area contributed by atoms with Gasteiger partial charge in [-0.25, -0.2) is 14.3 Å². The first-order valence-electron chi connectivity index (χ1n) is 12.0. The summed E-state index contributed by atoms with van der Waals surface area (Å²) in [6.45, 7) is 8.05. The molecule has 37 heavy (non-hydrogen) atoms. The van der Waals surface area contributed by atoms with Crippen molar-refractivity contribution < 1.29 is 23.8 Å². The van der Waals surface area contributed by atoms with Crippen molar-refractivity contribution in [1.82, 2.24) is 15.1 Å². The Hall–Kier alpha value is -4.33. The number of rotatable bonds is 7. The van der Waals surface area contributed by atoms with Crippen molar-refractivity contribution in [3.8, 4) is 22.7 Å². The van der Waals surface area contributed by atoms with Crippen LogP contribution in [0.3, 0.4) is 0 Å². The number of dihydropyridines is 1. The number of carbonyl (C=O) groups is 2. The smallest absolute Gasteiger partial charge is 0.336 e. The molecule has 0 atom stereocenters. The van der Waals surface area contributed by atoms with E-state index in [0.717, 1.165) is 22.6 Å². The Balaban J connectivity index is 2.02.